The smallest absolute Gasteiger partial charge is 0.341 e. The molecule has 5 aliphatic rings. The van der Waals surface area contributed by atoms with Gasteiger partial charge in [-0.25, -0.2) is 24.8 Å². The van der Waals surface area contributed by atoms with Crippen LogP contribution in [0.2, 0.25) is 0 Å². The SMILES string of the molecule is O=C(O)COc1ccc(C2=C3C=CC(=N3)C=C3C=CC(=N3)C(C(CCP(=O)(O)O)CCP(=O)(O)O)=C3C=CC(=N3)C=C3C=CC2=N3)cc1. The quantitative estimate of drug-likeness (QED) is 0.204. The molecule has 0 saturated carbocycles. The van der Waals surface area contributed by atoms with E-state index in [1.165, 1.54) is 0 Å². The van der Waals surface area contributed by atoms with Gasteiger partial charge in [0.1, 0.15) is 5.75 Å². The van der Waals surface area contributed by atoms with Crippen LogP contribution in [0.5, 0.6) is 5.75 Å². The number of carboxylic acids is 1. The zero-order valence-electron chi connectivity index (χ0n) is 25.2. The number of rotatable bonds is 11. The lowest BCUT2D eigenvalue weighted by molar-refractivity contribution is -0.139. The Kier molecular flexibility index (Phi) is 9.35. The maximum atomic E-state index is 11.9. The van der Waals surface area contributed by atoms with E-state index in [2.05, 4.69) is 0 Å². The van der Waals surface area contributed by atoms with Gasteiger partial charge in [0.2, 0.25) is 0 Å². The molecule has 8 bridgehead atoms. The van der Waals surface area contributed by atoms with Crippen molar-refractivity contribution in [3.05, 3.63) is 119 Å². The molecule has 0 saturated heterocycles. The summed E-state index contributed by atoms with van der Waals surface area (Å²) >= 11 is 0. The van der Waals surface area contributed by atoms with Gasteiger partial charge in [-0.3, -0.25) is 9.13 Å². The van der Waals surface area contributed by atoms with Gasteiger partial charge in [0.25, 0.3) is 0 Å². The standard InChI is InChI=1S/C33H30N4O9P2/c38-31(39)19-46-26-7-1-20(2-8-26)32-27-9-3-22(34-27)17-24-5-11-29(36-24)33(21(13-15-47(40,41)42)14-16-48(43,44)45)30-12-6-25(37-30)18-23-4-10-28(32)35-23/h1-12,17-18,21H,13-16,19H2,(H,38,39)(H2,40,41,42)(H2,43,44,45). The topological polar surface area (TPSA) is 211 Å². The number of carbonyl (C=O) groups is 1. The molecule has 5 heterocycles. The van der Waals surface area contributed by atoms with Crippen LogP contribution in [0.4, 0.5) is 0 Å². The van der Waals surface area contributed by atoms with Gasteiger partial charge >= 0.3 is 21.2 Å². The van der Waals surface area contributed by atoms with E-state index in [0.717, 1.165) is 11.1 Å². The zero-order valence-corrected chi connectivity index (χ0v) is 27.0. The first-order chi connectivity index (χ1) is 22.8. The van der Waals surface area contributed by atoms with Crippen LogP contribution in [0.15, 0.2) is 133 Å². The minimum absolute atomic E-state index is 0.0375. The highest BCUT2D eigenvalue weighted by molar-refractivity contribution is 7.52. The monoisotopic (exact) mass is 688 g/mol. The lowest BCUT2D eigenvalue weighted by atomic mass is 9.88. The van der Waals surface area contributed by atoms with Crippen LogP contribution in [0, 0.1) is 5.92 Å². The summed E-state index contributed by atoms with van der Waals surface area (Å²) in [5.41, 5.74) is 6.59. The average Bonchev–Trinajstić information content (AvgIpc) is 3.83. The lowest BCUT2D eigenvalue weighted by Crippen LogP contribution is -2.16. The summed E-state index contributed by atoms with van der Waals surface area (Å²) in [6.45, 7) is -0.460. The van der Waals surface area contributed by atoms with Crippen LogP contribution in [0.3, 0.4) is 0 Å². The largest absolute Gasteiger partial charge is 0.482 e. The van der Waals surface area contributed by atoms with Crippen LogP contribution in [-0.2, 0) is 13.9 Å². The second kappa shape index (κ2) is 13.5. The van der Waals surface area contributed by atoms with Crippen molar-refractivity contribution in [1.82, 2.24) is 0 Å². The highest BCUT2D eigenvalue weighted by atomic mass is 31.2. The van der Waals surface area contributed by atoms with Crippen molar-refractivity contribution in [2.24, 2.45) is 25.9 Å². The van der Waals surface area contributed by atoms with Gasteiger partial charge in [0.05, 0.1) is 58.0 Å². The third-order valence-electron chi connectivity index (χ3n) is 7.75. The first-order valence-electron chi connectivity index (χ1n) is 14.8. The second-order valence-corrected chi connectivity index (χ2v) is 14.9. The lowest BCUT2D eigenvalue weighted by Gasteiger charge is -2.22. The molecule has 246 valence electrons. The van der Waals surface area contributed by atoms with Gasteiger partial charge in [-0.2, -0.15) is 0 Å². The molecule has 0 amide bonds. The summed E-state index contributed by atoms with van der Waals surface area (Å²) in [7, 11) is -8.83. The van der Waals surface area contributed by atoms with Crippen molar-refractivity contribution < 1.29 is 43.3 Å². The number of carboxylic acid groups (broad SMARTS) is 1. The van der Waals surface area contributed by atoms with Gasteiger partial charge in [-0.05, 0) is 97.2 Å². The van der Waals surface area contributed by atoms with E-state index >= 15 is 0 Å². The Bertz CT molecular complexity index is 2020. The third kappa shape index (κ3) is 8.26. The summed E-state index contributed by atoms with van der Waals surface area (Å²) in [5.74, 6) is -1.34. The molecule has 1 aromatic rings. The van der Waals surface area contributed by atoms with E-state index in [1.807, 2.05) is 36.4 Å². The fourth-order valence-corrected chi connectivity index (χ4v) is 6.93. The molecule has 0 aliphatic carbocycles. The molecule has 0 aromatic heterocycles. The fraction of sp³-hybridized carbons (Fsp3) is 0.182. The fourth-order valence-electron chi connectivity index (χ4n) is 5.64. The number of aliphatic imine (C=N–C) groups is 4. The number of nitrogens with zero attached hydrogens (tertiary/aromatic N) is 4. The van der Waals surface area contributed by atoms with E-state index < -0.39 is 46.0 Å². The van der Waals surface area contributed by atoms with Gasteiger partial charge in [0, 0.05) is 11.1 Å². The van der Waals surface area contributed by atoms with Crippen LogP contribution in [-0.4, -0.2) is 72.4 Å². The van der Waals surface area contributed by atoms with E-state index in [-0.39, 0.29) is 12.8 Å². The Morgan fingerprint density at radius 3 is 1.81 bits per heavy atom. The Balaban J connectivity index is 1.44. The number of fused-ring (bicyclic) bond motifs is 4. The Hall–Kier alpha value is -4.61. The van der Waals surface area contributed by atoms with Gasteiger partial charge in [-0.15, -0.1) is 0 Å². The molecule has 5 N–H and O–H groups in total. The number of hydrogen-bond acceptors (Lipinski definition) is 8. The molecular formula is C33H30N4O9P2. The van der Waals surface area contributed by atoms with Crippen LogP contribution in [0.1, 0.15) is 18.4 Å². The van der Waals surface area contributed by atoms with Gasteiger partial charge in [0.15, 0.2) is 6.61 Å². The predicted octanol–water partition coefficient (Wildman–Crippen LogP) is 4.69. The highest BCUT2D eigenvalue weighted by Gasteiger charge is 2.30. The number of allylic oxidation sites excluding steroid dienone is 12. The van der Waals surface area contributed by atoms with E-state index in [0.29, 0.717) is 57.0 Å². The maximum absolute atomic E-state index is 11.9. The van der Waals surface area contributed by atoms with E-state index in [9.17, 15) is 33.5 Å². The molecule has 6 rings (SSSR count). The van der Waals surface area contributed by atoms with Gasteiger partial charge in [-0.1, -0.05) is 12.1 Å². The molecule has 0 unspecified atom stereocenters. The first-order valence-corrected chi connectivity index (χ1v) is 18.4. The van der Waals surface area contributed by atoms with Crippen molar-refractivity contribution in [2.75, 3.05) is 18.9 Å². The average molecular weight is 689 g/mol. The van der Waals surface area contributed by atoms with Crippen molar-refractivity contribution in [2.45, 2.75) is 12.8 Å². The number of hydrogen-bond donors (Lipinski definition) is 5. The zero-order chi connectivity index (χ0) is 34.1. The molecule has 48 heavy (non-hydrogen) atoms. The number of ether oxygens (including phenoxy) is 1. The Labute approximate surface area is 274 Å². The maximum Gasteiger partial charge on any atom is 0.341 e. The number of aliphatic carboxylic acids is 1. The Morgan fingerprint density at radius 1 is 0.688 bits per heavy atom. The Morgan fingerprint density at radius 2 is 1.23 bits per heavy atom. The molecule has 0 radical (unpaired) electrons. The summed E-state index contributed by atoms with van der Waals surface area (Å²) in [5, 5.41) is 8.94. The first kappa shape index (κ1) is 33.3. The van der Waals surface area contributed by atoms with Crippen molar-refractivity contribution in [3.8, 4) is 5.75 Å². The summed E-state index contributed by atoms with van der Waals surface area (Å²) in [6.07, 6.45) is 17.0. The predicted molar refractivity (Wildman–Crippen MR) is 183 cm³/mol. The molecule has 13 nitrogen and oxygen atoms in total. The third-order valence-corrected chi connectivity index (χ3v) is 9.43. The van der Waals surface area contributed by atoms with Crippen molar-refractivity contribution >= 4 is 49.6 Å². The highest BCUT2D eigenvalue weighted by Crippen LogP contribution is 2.43. The minimum atomic E-state index is -4.42. The molecule has 15 heteroatoms. The number of benzene rings is 1. The normalized spacial score (nSPS) is 18.4. The molecule has 0 spiro atoms. The van der Waals surface area contributed by atoms with E-state index in [4.69, 9.17) is 29.8 Å². The van der Waals surface area contributed by atoms with Gasteiger partial charge < -0.3 is 29.4 Å². The van der Waals surface area contributed by atoms with Crippen molar-refractivity contribution in [1.29, 1.82) is 0 Å². The van der Waals surface area contributed by atoms with Crippen LogP contribution in [0.25, 0.3) is 5.57 Å². The second-order valence-electron chi connectivity index (χ2n) is 11.4. The summed E-state index contributed by atoms with van der Waals surface area (Å²) in [6, 6.07) is 6.98. The molecule has 5 aliphatic heterocycles. The molecular weight excluding hydrogens is 658 g/mol. The van der Waals surface area contributed by atoms with Crippen LogP contribution < -0.4 is 4.74 Å². The van der Waals surface area contributed by atoms with Crippen molar-refractivity contribution in [3.63, 3.8) is 0 Å². The van der Waals surface area contributed by atoms with Crippen LogP contribution >= 0.6 is 15.2 Å². The summed E-state index contributed by atoms with van der Waals surface area (Å²) in [4.78, 5) is 68.8. The molecule has 0 fully saturated rings. The summed E-state index contributed by atoms with van der Waals surface area (Å²) < 4.78 is 29.0. The minimum Gasteiger partial charge on any atom is -0.482 e. The molecule has 0 atom stereocenters. The van der Waals surface area contributed by atoms with E-state index in [1.54, 1.807) is 48.6 Å². The molecule has 1 aromatic carbocycles.